The van der Waals surface area contributed by atoms with Gasteiger partial charge in [-0.1, -0.05) is 59.5 Å². The summed E-state index contributed by atoms with van der Waals surface area (Å²) >= 11 is 0. The maximum absolute atomic E-state index is 12.1. The molecule has 20 heavy (non-hydrogen) atoms. The minimum Gasteiger partial charge on any atom is -0.412 e. The highest BCUT2D eigenvalue weighted by Crippen LogP contribution is 2.17. The summed E-state index contributed by atoms with van der Waals surface area (Å²) in [6.07, 6.45) is 0.666. The van der Waals surface area contributed by atoms with Crippen LogP contribution in [0.1, 0.15) is 16.7 Å². The molecular formula is C17H17NO2+. The van der Waals surface area contributed by atoms with Crippen LogP contribution in [-0.4, -0.2) is 12.6 Å². The van der Waals surface area contributed by atoms with Gasteiger partial charge >= 0.3 is 6.09 Å². The Hall–Kier alpha value is -2.13. The Morgan fingerprint density at radius 3 is 2.50 bits per heavy atom. The second-order valence-electron chi connectivity index (χ2n) is 4.98. The molecule has 0 aromatic heterocycles. The molecule has 0 saturated carbocycles. The Kier molecular flexibility index (Phi) is 3.79. The molecule has 0 unspecified atom stereocenters. The van der Waals surface area contributed by atoms with Crippen molar-refractivity contribution >= 4 is 6.09 Å². The first-order valence-corrected chi connectivity index (χ1v) is 6.85. The number of amides is 1. The molecular weight excluding hydrogens is 250 g/mol. The molecule has 3 heteroatoms. The average molecular weight is 267 g/mol. The van der Waals surface area contributed by atoms with E-state index in [4.69, 9.17) is 4.74 Å². The third-order valence-corrected chi connectivity index (χ3v) is 3.59. The molecule has 1 radical (unpaired) electrons. The van der Waals surface area contributed by atoms with Crippen molar-refractivity contribution in [3.8, 4) is 0 Å². The lowest BCUT2D eigenvalue weighted by atomic mass is 10.0. The summed E-state index contributed by atoms with van der Waals surface area (Å²) in [6.45, 7) is 1.70. The Balaban J connectivity index is 1.59. The molecule has 0 spiro atoms. The standard InChI is InChI=1S/C17H17NO2/c19-17(20-13-14-6-2-1-3-7-14)18-11-10-15-8-4-5-9-16(15)12-18/h1-9H,10-13H2/q+1. The van der Waals surface area contributed by atoms with Crippen molar-refractivity contribution in [3.63, 3.8) is 0 Å². The number of carbonyl (C=O) groups is 1. The first kappa shape index (κ1) is 12.9. The molecule has 1 aliphatic rings. The molecule has 1 amide bonds. The maximum Gasteiger partial charge on any atom is 0.566 e. The molecule has 2 aromatic rings. The fraction of sp³-hybridized carbons (Fsp3) is 0.235. The van der Waals surface area contributed by atoms with Crippen molar-refractivity contribution in [3.05, 3.63) is 71.3 Å². The van der Waals surface area contributed by atoms with E-state index >= 15 is 0 Å². The molecule has 0 aliphatic carbocycles. The van der Waals surface area contributed by atoms with Crippen molar-refractivity contribution in [2.45, 2.75) is 19.6 Å². The SMILES string of the molecule is O=C(OCc1ccccc1)[N+]1CCc2ccccc2C1. The van der Waals surface area contributed by atoms with E-state index in [9.17, 15) is 4.79 Å². The first-order valence-electron chi connectivity index (χ1n) is 6.85. The third kappa shape index (κ3) is 2.89. The summed E-state index contributed by atoms with van der Waals surface area (Å²) < 4.78 is 5.37. The fourth-order valence-corrected chi connectivity index (χ4v) is 2.46. The number of carbonyl (C=O) groups excluding carboxylic acids is 1. The van der Waals surface area contributed by atoms with E-state index in [1.807, 2.05) is 42.5 Å². The van der Waals surface area contributed by atoms with Crippen molar-refractivity contribution in [1.82, 2.24) is 4.90 Å². The van der Waals surface area contributed by atoms with Crippen LogP contribution >= 0.6 is 0 Å². The Morgan fingerprint density at radius 1 is 1.00 bits per heavy atom. The predicted octanol–water partition coefficient (Wildman–Crippen LogP) is 3.22. The highest BCUT2D eigenvalue weighted by atomic mass is 16.6. The van der Waals surface area contributed by atoms with Gasteiger partial charge in [-0.05, 0) is 11.1 Å². The summed E-state index contributed by atoms with van der Waals surface area (Å²) in [5, 5.41) is 0. The summed E-state index contributed by atoms with van der Waals surface area (Å²) in [6, 6.07) is 18.0. The Bertz CT molecular complexity index is 595. The number of benzene rings is 2. The van der Waals surface area contributed by atoms with Gasteiger partial charge in [0.25, 0.3) is 0 Å². The van der Waals surface area contributed by atoms with Crippen LogP contribution in [0, 0.1) is 0 Å². The Labute approximate surface area is 118 Å². The van der Waals surface area contributed by atoms with Crippen LogP contribution in [0.25, 0.3) is 0 Å². The van der Waals surface area contributed by atoms with Crippen LogP contribution in [-0.2, 0) is 24.3 Å². The molecule has 1 heterocycles. The van der Waals surface area contributed by atoms with Crippen LogP contribution in [0.3, 0.4) is 0 Å². The highest BCUT2D eigenvalue weighted by molar-refractivity contribution is 5.71. The second-order valence-corrected chi connectivity index (χ2v) is 4.98. The average Bonchev–Trinajstić information content (AvgIpc) is 2.53. The topological polar surface area (TPSA) is 32.2 Å². The lowest BCUT2D eigenvalue weighted by Gasteiger charge is -2.17. The number of hydrogen-bond donors (Lipinski definition) is 0. The fourth-order valence-electron chi connectivity index (χ4n) is 2.46. The van der Waals surface area contributed by atoms with Crippen molar-refractivity contribution in [1.29, 1.82) is 0 Å². The second kappa shape index (κ2) is 5.88. The summed E-state index contributed by atoms with van der Waals surface area (Å²) in [5.74, 6) is 0. The molecule has 0 atom stereocenters. The van der Waals surface area contributed by atoms with Crippen molar-refractivity contribution < 1.29 is 9.53 Å². The zero-order chi connectivity index (χ0) is 13.8. The predicted molar refractivity (Wildman–Crippen MR) is 77.5 cm³/mol. The maximum atomic E-state index is 12.1. The van der Waals surface area contributed by atoms with Crippen molar-refractivity contribution in [2.24, 2.45) is 0 Å². The molecule has 101 valence electrons. The summed E-state index contributed by atoms with van der Waals surface area (Å²) in [4.78, 5) is 13.9. The summed E-state index contributed by atoms with van der Waals surface area (Å²) in [7, 11) is 0. The monoisotopic (exact) mass is 267 g/mol. The van der Waals surface area contributed by atoms with Gasteiger partial charge in [-0.3, -0.25) is 0 Å². The van der Waals surface area contributed by atoms with Gasteiger partial charge < -0.3 is 4.74 Å². The lowest BCUT2D eigenvalue weighted by molar-refractivity contribution is 0.117. The van der Waals surface area contributed by atoms with Gasteiger partial charge in [-0.25, -0.2) is 0 Å². The molecule has 1 aliphatic heterocycles. The molecule has 2 aromatic carbocycles. The minimum absolute atomic E-state index is 0.233. The van der Waals surface area contributed by atoms with E-state index < -0.39 is 0 Å². The number of ether oxygens (including phenoxy) is 1. The first-order chi connectivity index (χ1) is 9.83. The van der Waals surface area contributed by atoms with Crippen LogP contribution in [0.15, 0.2) is 54.6 Å². The van der Waals surface area contributed by atoms with Crippen LogP contribution < -0.4 is 4.90 Å². The van der Waals surface area contributed by atoms with Gasteiger partial charge in [0.2, 0.25) is 0 Å². The van der Waals surface area contributed by atoms with E-state index in [-0.39, 0.29) is 6.09 Å². The van der Waals surface area contributed by atoms with Crippen LogP contribution in [0.4, 0.5) is 4.79 Å². The van der Waals surface area contributed by atoms with E-state index in [1.165, 1.54) is 11.1 Å². The number of hydrogen-bond acceptors (Lipinski definition) is 2. The normalized spacial score (nSPS) is 14.6. The van der Waals surface area contributed by atoms with Crippen LogP contribution in [0.5, 0.6) is 0 Å². The van der Waals surface area contributed by atoms with Gasteiger partial charge in [0.15, 0.2) is 6.54 Å². The zero-order valence-electron chi connectivity index (χ0n) is 11.3. The van der Waals surface area contributed by atoms with Crippen LogP contribution in [0.2, 0.25) is 0 Å². The zero-order valence-corrected chi connectivity index (χ0v) is 11.3. The van der Waals surface area contributed by atoms with E-state index in [2.05, 4.69) is 12.1 Å². The van der Waals surface area contributed by atoms with E-state index in [1.54, 1.807) is 4.90 Å². The molecule has 0 fully saturated rings. The number of rotatable bonds is 2. The van der Waals surface area contributed by atoms with E-state index in [0.29, 0.717) is 13.2 Å². The Morgan fingerprint density at radius 2 is 1.70 bits per heavy atom. The minimum atomic E-state index is -0.233. The smallest absolute Gasteiger partial charge is 0.412 e. The quantitative estimate of drug-likeness (QED) is 0.782. The van der Waals surface area contributed by atoms with Gasteiger partial charge in [-0.2, -0.15) is 4.79 Å². The lowest BCUT2D eigenvalue weighted by Crippen LogP contribution is -2.41. The van der Waals surface area contributed by atoms with Crippen molar-refractivity contribution in [2.75, 3.05) is 6.54 Å². The highest BCUT2D eigenvalue weighted by Gasteiger charge is 2.32. The van der Waals surface area contributed by atoms with Gasteiger partial charge in [0, 0.05) is 12.0 Å². The van der Waals surface area contributed by atoms with Gasteiger partial charge in [-0.15, -0.1) is 0 Å². The number of fused-ring (bicyclic) bond motifs is 1. The molecule has 3 rings (SSSR count). The largest absolute Gasteiger partial charge is 0.566 e. The number of nitrogens with zero attached hydrogens (tertiary/aromatic N) is 1. The summed E-state index contributed by atoms with van der Waals surface area (Å²) in [5.41, 5.74) is 3.56. The molecule has 0 bridgehead atoms. The molecule has 0 N–H and O–H groups in total. The molecule has 3 nitrogen and oxygen atoms in total. The van der Waals surface area contributed by atoms with Gasteiger partial charge in [0.05, 0.1) is 0 Å². The van der Waals surface area contributed by atoms with Gasteiger partial charge in [0.1, 0.15) is 13.2 Å². The molecule has 0 saturated heterocycles. The third-order valence-electron chi connectivity index (χ3n) is 3.59. The van der Waals surface area contributed by atoms with E-state index in [0.717, 1.165) is 18.5 Å².